The molecule has 2 aliphatic heterocycles. The second-order valence-corrected chi connectivity index (χ2v) is 18.2. The Morgan fingerprint density at radius 3 is 1.87 bits per heavy atom. The molecule has 45 heavy (non-hydrogen) atoms. The third kappa shape index (κ3) is 4.60. The fourth-order valence-corrected chi connectivity index (χ4v) is 14.2. The van der Waals surface area contributed by atoms with E-state index < -0.39 is 8.07 Å². The molecule has 0 aliphatic carbocycles. The van der Waals surface area contributed by atoms with Crippen LogP contribution in [0.1, 0.15) is 54.2 Å². The van der Waals surface area contributed by atoms with Crippen LogP contribution < -0.4 is 5.19 Å². The van der Waals surface area contributed by atoms with Crippen molar-refractivity contribution in [2.45, 2.75) is 49.7 Å². The summed E-state index contributed by atoms with van der Waals surface area (Å²) in [6, 6.07) is 51.3. The van der Waals surface area contributed by atoms with E-state index in [-0.39, 0.29) is 10.8 Å². The van der Waals surface area contributed by atoms with Crippen LogP contribution in [0.5, 0.6) is 0 Å². The van der Waals surface area contributed by atoms with Crippen molar-refractivity contribution >= 4 is 13.3 Å². The van der Waals surface area contributed by atoms with Gasteiger partial charge < -0.3 is 0 Å². The summed E-state index contributed by atoms with van der Waals surface area (Å²) in [6.45, 7) is 6.81. The van der Waals surface area contributed by atoms with Crippen molar-refractivity contribution in [2.75, 3.05) is 0 Å². The first-order valence-corrected chi connectivity index (χ1v) is 18.7. The highest BCUT2D eigenvalue weighted by atomic mass is 28.3. The topological polar surface area (TPSA) is 25.8 Å². The van der Waals surface area contributed by atoms with E-state index in [2.05, 4.69) is 142 Å². The molecule has 0 amide bonds. The number of nitrogens with zero attached hydrogens (tertiary/aromatic N) is 2. The molecule has 1 unspecified atom stereocenters. The molecule has 1 atom stereocenters. The fourth-order valence-electron chi connectivity index (χ4n) is 8.18. The SMILES string of the molecule is CC(C)(C)c1ccnc(-c2cccc(C3(c4cccc(-c5ccccn5)c4)C[Si]4(Cc5ccccc5C4)c4ccccc43)c2)c1. The minimum Gasteiger partial charge on any atom is -0.256 e. The van der Waals surface area contributed by atoms with E-state index in [1.165, 1.54) is 39.9 Å². The molecule has 4 heterocycles. The molecule has 0 N–H and O–H groups in total. The molecule has 3 heteroatoms. The van der Waals surface area contributed by atoms with Gasteiger partial charge in [-0.3, -0.25) is 9.97 Å². The highest BCUT2D eigenvalue weighted by Crippen LogP contribution is 2.53. The Bertz CT molecular complexity index is 2020. The lowest BCUT2D eigenvalue weighted by Crippen LogP contribution is -2.47. The van der Waals surface area contributed by atoms with Gasteiger partial charge in [0, 0.05) is 28.9 Å². The van der Waals surface area contributed by atoms with Gasteiger partial charge in [0.2, 0.25) is 0 Å². The average molecular weight is 599 g/mol. The smallest absolute Gasteiger partial charge is 0.0972 e. The zero-order valence-electron chi connectivity index (χ0n) is 26.3. The molecule has 0 fully saturated rings. The Hall–Kier alpha value is -4.60. The average Bonchev–Trinajstić information content (AvgIpc) is 3.60. The lowest BCUT2D eigenvalue weighted by Gasteiger charge is -2.35. The Kier molecular flexibility index (Phi) is 6.51. The van der Waals surface area contributed by atoms with Gasteiger partial charge >= 0.3 is 0 Å². The van der Waals surface area contributed by atoms with Crippen LogP contribution in [-0.4, -0.2) is 18.0 Å². The van der Waals surface area contributed by atoms with Gasteiger partial charge in [-0.05, 0) is 93.3 Å². The van der Waals surface area contributed by atoms with Crippen molar-refractivity contribution in [3.63, 3.8) is 0 Å². The molecule has 0 saturated carbocycles. The number of hydrogen-bond donors (Lipinski definition) is 0. The zero-order valence-corrected chi connectivity index (χ0v) is 27.3. The summed E-state index contributed by atoms with van der Waals surface area (Å²) in [7, 11) is -1.95. The van der Waals surface area contributed by atoms with Crippen LogP contribution in [0.25, 0.3) is 22.5 Å². The highest BCUT2D eigenvalue weighted by molar-refractivity contribution is 6.93. The second-order valence-electron chi connectivity index (χ2n) is 14.1. The quantitative estimate of drug-likeness (QED) is 0.189. The summed E-state index contributed by atoms with van der Waals surface area (Å²) in [5.41, 5.74) is 12.8. The number of hydrogen-bond acceptors (Lipinski definition) is 2. The molecule has 220 valence electrons. The molecule has 0 bridgehead atoms. The molecule has 2 nitrogen and oxygen atoms in total. The fraction of sp³-hybridized carbons (Fsp3) is 0.190. The van der Waals surface area contributed by atoms with Gasteiger partial charge in [0.1, 0.15) is 0 Å². The first kappa shape index (κ1) is 27.9. The van der Waals surface area contributed by atoms with Gasteiger partial charge in [0.25, 0.3) is 0 Å². The van der Waals surface area contributed by atoms with Gasteiger partial charge in [-0.1, -0.05) is 117 Å². The van der Waals surface area contributed by atoms with E-state index in [0.717, 1.165) is 23.0 Å². The largest absolute Gasteiger partial charge is 0.256 e. The van der Waals surface area contributed by atoms with E-state index in [1.54, 1.807) is 16.3 Å². The first-order chi connectivity index (χ1) is 21.9. The van der Waals surface area contributed by atoms with E-state index in [9.17, 15) is 0 Å². The molecule has 0 radical (unpaired) electrons. The maximum atomic E-state index is 4.88. The van der Waals surface area contributed by atoms with Gasteiger partial charge in [-0.25, -0.2) is 0 Å². The zero-order chi connectivity index (χ0) is 30.6. The maximum Gasteiger partial charge on any atom is 0.0972 e. The number of benzene rings is 4. The number of aromatic nitrogens is 2. The Balaban J connectivity index is 1.36. The van der Waals surface area contributed by atoms with Gasteiger partial charge in [0.05, 0.1) is 19.5 Å². The summed E-state index contributed by atoms with van der Waals surface area (Å²) < 4.78 is 0. The highest BCUT2D eigenvalue weighted by Gasteiger charge is 2.56. The van der Waals surface area contributed by atoms with Crippen molar-refractivity contribution in [3.8, 4) is 22.5 Å². The molecular weight excluding hydrogens is 561 g/mol. The van der Waals surface area contributed by atoms with Crippen LogP contribution in [0, 0.1) is 0 Å². The van der Waals surface area contributed by atoms with E-state index >= 15 is 0 Å². The van der Waals surface area contributed by atoms with Gasteiger partial charge in [-0.15, -0.1) is 0 Å². The van der Waals surface area contributed by atoms with Gasteiger partial charge in [-0.2, -0.15) is 0 Å². The maximum absolute atomic E-state index is 4.88. The monoisotopic (exact) mass is 598 g/mol. The number of fused-ring (bicyclic) bond motifs is 3. The molecule has 2 aliphatic rings. The van der Waals surface area contributed by atoms with Crippen molar-refractivity contribution in [1.29, 1.82) is 0 Å². The summed E-state index contributed by atoms with van der Waals surface area (Å²) in [4.78, 5) is 9.62. The third-order valence-electron chi connectivity index (χ3n) is 10.3. The van der Waals surface area contributed by atoms with Crippen LogP contribution >= 0.6 is 0 Å². The molecular formula is C42H38N2Si. The van der Waals surface area contributed by atoms with Crippen molar-refractivity contribution in [1.82, 2.24) is 9.97 Å². The normalized spacial score (nSPS) is 18.1. The lowest BCUT2D eigenvalue weighted by molar-refractivity contribution is 0.589. The predicted molar refractivity (Wildman–Crippen MR) is 188 cm³/mol. The minimum atomic E-state index is -1.95. The van der Waals surface area contributed by atoms with Crippen molar-refractivity contribution < 1.29 is 0 Å². The van der Waals surface area contributed by atoms with Crippen molar-refractivity contribution in [3.05, 3.63) is 173 Å². The van der Waals surface area contributed by atoms with Crippen LogP contribution in [-0.2, 0) is 22.9 Å². The van der Waals surface area contributed by atoms with Crippen LogP contribution in [0.15, 0.2) is 140 Å². The Labute approximate surface area is 267 Å². The molecule has 0 saturated heterocycles. The summed E-state index contributed by atoms with van der Waals surface area (Å²) in [6.07, 6.45) is 3.86. The second kappa shape index (κ2) is 10.5. The number of rotatable bonds is 4. The molecule has 2 aromatic heterocycles. The van der Waals surface area contributed by atoms with Crippen LogP contribution in [0.2, 0.25) is 6.04 Å². The Morgan fingerprint density at radius 1 is 0.578 bits per heavy atom. The Morgan fingerprint density at radius 2 is 1.20 bits per heavy atom. The molecule has 1 spiro atoms. The van der Waals surface area contributed by atoms with E-state index in [0.29, 0.717) is 0 Å². The standard InChI is InChI=1S/C42H38N2Si/c1-41(2,3)34-21-23-44-39(26-34)31-15-11-17-36(25-31)42(35-16-10-14-30(24-35)38-19-8-9-22-43-38)29-45(40-20-7-6-18-37(40)42)27-32-12-4-5-13-33(32)28-45/h4-26H,27-29H2,1-3H3. The van der Waals surface area contributed by atoms with E-state index in [1.807, 2.05) is 18.5 Å². The van der Waals surface area contributed by atoms with Crippen LogP contribution in [0.4, 0.5) is 0 Å². The first-order valence-electron chi connectivity index (χ1n) is 16.1. The molecule has 6 aromatic rings. The molecule has 8 rings (SSSR count). The minimum absolute atomic E-state index is 0.0578. The van der Waals surface area contributed by atoms with Crippen molar-refractivity contribution in [2.24, 2.45) is 0 Å². The summed E-state index contributed by atoms with van der Waals surface area (Å²) in [5.74, 6) is 0. The predicted octanol–water partition coefficient (Wildman–Crippen LogP) is 8.99. The lowest BCUT2D eigenvalue weighted by atomic mass is 9.70. The van der Waals surface area contributed by atoms with Crippen LogP contribution in [0.3, 0.4) is 0 Å². The number of pyridine rings is 2. The summed E-state index contributed by atoms with van der Waals surface area (Å²) in [5, 5.41) is 1.63. The van der Waals surface area contributed by atoms with E-state index in [4.69, 9.17) is 9.97 Å². The molecule has 4 aromatic carbocycles. The summed E-state index contributed by atoms with van der Waals surface area (Å²) >= 11 is 0. The third-order valence-corrected chi connectivity index (χ3v) is 15.2. The van der Waals surface area contributed by atoms with Gasteiger partial charge in [0.15, 0.2) is 0 Å².